The van der Waals surface area contributed by atoms with Gasteiger partial charge in [-0.15, -0.1) is 0 Å². The van der Waals surface area contributed by atoms with E-state index in [2.05, 4.69) is 0 Å². The van der Waals surface area contributed by atoms with Gasteiger partial charge in [-0.25, -0.2) is 0 Å². The summed E-state index contributed by atoms with van der Waals surface area (Å²) in [6, 6.07) is 5.49. The van der Waals surface area contributed by atoms with Gasteiger partial charge in [-0.05, 0) is 37.5 Å². The smallest absolute Gasteiger partial charge is 0.255 e. The number of amides is 1. The number of aryl methyl sites for hydroxylation is 1. The van der Waals surface area contributed by atoms with Crippen molar-refractivity contribution in [3.05, 3.63) is 34.3 Å². The lowest BCUT2D eigenvalue weighted by molar-refractivity contribution is 0.0704. The molecule has 5 heteroatoms. The minimum absolute atomic E-state index is 0.0362. The number of carbonyl (C=O) groups is 1. The largest absolute Gasteiger partial charge is 0.393 e. The SMILES string of the molecule is Cc1ccc(C(=O)N2CCCC(C(N)=S)C2)c(Cl)c1. The highest BCUT2D eigenvalue weighted by molar-refractivity contribution is 7.80. The van der Waals surface area contributed by atoms with Crippen LogP contribution < -0.4 is 5.73 Å². The number of carbonyl (C=O) groups excluding carboxylic acids is 1. The highest BCUT2D eigenvalue weighted by Crippen LogP contribution is 2.23. The Morgan fingerprint density at radius 2 is 2.26 bits per heavy atom. The summed E-state index contributed by atoms with van der Waals surface area (Å²) in [5.41, 5.74) is 7.28. The van der Waals surface area contributed by atoms with Gasteiger partial charge in [0, 0.05) is 19.0 Å². The van der Waals surface area contributed by atoms with Gasteiger partial charge >= 0.3 is 0 Å². The number of hydrogen-bond donors (Lipinski definition) is 1. The molecule has 0 bridgehead atoms. The van der Waals surface area contributed by atoms with Crippen molar-refractivity contribution in [2.24, 2.45) is 11.7 Å². The van der Waals surface area contributed by atoms with Crippen LogP contribution in [0.15, 0.2) is 18.2 Å². The lowest BCUT2D eigenvalue weighted by Crippen LogP contribution is -2.43. The van der Waals surface area contributed by atoms with Crippen LogP contribution in [0, 0.1) is 12.8 Å². The fourth-order valence-corrected chi connectivity index (χ4v) is 2.87. The molecular formula is C14H17ClN2OS. The molecule has 1 unspecified atom stereocenters. The average Bonchev–Trinajstić information content (AvgIpc) is 2.38. The van der Waals surface area contributed by atoms with Crippen molar-refractivity contribution in [2.45, 2.75) is 19.8 Å². The zero-order valence-electron chi connectivity index (χ0n) is 10.9. The van der Waals surface area contributed by atoms with Crippen molar-refractivity contribution in [1.82, 2.24) is 4.90 Å². The standard InChI is InChI=1S/C14H17ClN2OS/c1-9-4-5-11(12(15)7-9)14(18)17-6-2-3-10(8-17)13(16)19/h4-5,7,10H,2-3,6,8H2,1H3,(H2,16,19). The minimum atomic E-state index is -0.0362. The first-order valence-corrected chi connectivity index (χ1v) is 7.12. The predicted molar refractivity (Wildman–Crippen MR) is 81.6 cm³/mol. The average molecular weight is 297 g/mol. The maximum Gasteiger partial charge on any atom is 0.255 e. The summed E-state index contributed by atoms with van der Waals surface area (Å²) >= 11 is 11.2. The summed E-state index contributed by atoms with van der Waals surface area (Å²) in [5.74, 6) is 0.0860. The van der Waals surface area contributed by atoms with Gasteiger partial charge in [0.1, 0.15) is 0 Å². The van der Waals surface area contributed by atoms with Crippen LogP contribution in [-0.2, 0) is 0 Å². The van der Waals surface area contributed by atoms with Crippen molar-refractivity contribution in [3.63, 3.8) is 0 Å². The molecule has 0 spiro atoms. The summed E-state index contributed by atoms with van der Waals surface area (Å²) in [6.07, 6.45) is 1.89. The molecule has 1 fully saturated rings. The van der Waals surface area contributed by atoms with Gasteiger partial charge < -0.3 is 10.6 Å². The Kier molecular flexibility index (Phi) is 4.42. The van der Waals surface area contributed by atoms with Gasteiger partial charge in [-0.1, -0.05) is 29.9 Å². The van der Waals surface area contributed by atoms with E-state index in [1.807, 2.05) is 19.1 Å². The molecule has 0 saturated carbocycles. The second kappa shape index (κ2) is 5.88. The Hall–Kier alpha value is -1.13. The second-order valence-corrected chi connectivity index (χ2v) is 5.85. The van der Waals surface area contributed by atoms with Crippen molar-refractivity contribution >= 4 is 34.7 Å². The number of nitrogens with two attached hydrogens (primary N) is 1. The molecule has 1 aliphatic heterocycles. The Balaban J connectivity index is 2.17. The van der Waals surface area contributed by atoms with E-state index in [-0.39, 0.29) is 11.8 Å². The van der Waals surface area contributed by atoms with Gasteiger partial charge in [0.2, 0.25) is 0 Å². The Labute approximate surface area is 123 Å². The maximum absolute atomic E-state index is 12.5. The molecule has 3 nitrogen and oxygen atoms in total. The van der Waals surface area contributed by atoms with E-state index >= 15 is 0 Å². The van der Waals surface area contributed by atoms with E-state index in [0.717, 1.165) is 24.9 Å². The van der Waals surface area contributed by atoms with E-state index in [4.69, 9.17) is 29.6 Å². The van der Waals surface area contributed by atoms with Gasteiger partial charge in [-0.3, -0.25) is 4.79 Å². The number of halogens is 1. The zero-order chi connectivity index (χ0) is 14.0. The normalized spacial score (nSPS) is 19.3. The number of hydrogen-bond acceptors (Lipinski definition) is 2. The summed E-state index contributed by atoms with van der Waals surface area (Å²) in [7, 11) is 0. The van der Waals surface area contributed by atoms with Crippen molar-refractivity contribution < 1.29 is 4.79 Å². The van der Waals surface area contributed by atoms with E-state index in [1.54, 1.807) is 11.0 Å². The Morgan fingerprint density at radius 1 is 1.53 bits per heavy atom. The first kappa shape index (κ1) is 14.3. The fraction of sp³-hybridized carbons (Fsp3) is 0.429. The highest BCUT2D eigenvalue weighted by Gasteiger charge is 2.26. The number of nitrogens with zero attached hydrogens (tertiary/aromatic N) is 1. The Bertz CT molecular complexity index is 518. The van der Waals surface area contributed by atoms with Crippen LogP contribution in [0.4, 0.5) is 0 Å². The van der Waals surface area contributed by atoms with Crippen LogP contribution in [0.3, 0.4) is 0 Å². The van der Waals surface area contributed by atoms with Crippen LogP contribution in [-0.4, -0.2) is 28.9 Å². The van der Waals surface area contributed by atoms with Crippen LogP contribution in [0.5, 0.6) is 0 Å². The van der Waals surface area contributed by atoms with Crippen molar-refractivity contribution in [2.75, 3.05) is 13.1 Å². The molecule has 1 heterocycles. The van der Waals surface area contributed by atoms with E-state index < -0.39 is 0 Å². The molecule has 1 saturated heterocycles. The van der Waals surface area contributed by atoms with E-state index in [9.17, 15) is 4.79 Å². The Morgan fingerprint density at radius 3 is 2.89 bits per heavy atom. The number of thiocarbonyl (C=S) groups is 1. The quantitative estimate of drug-likeness (QED) is 0.854. The number of likely N-dealkylation sites (tertiary alicyclic amines) is 1. The molecule has 2 N–H and O–H groups in total. The summed E-state index contributed by atoms with van der Waals surface area (Å²) < 4.78 is 0. The van der Waals surface area contributed by atoms with E-state index in [1.165, 1.54) is 0 Å². The monoisotopic (exact) mass is 296 g/mol. The third-order valence-corrected chi connectivity index (χ3v) is 4.11. The molecule has 1 amide bonds. The maximum atomic E-state index is 12.5. The lowest BCUT2D eigenvalue weighted by atomic mass is 9.97. The first-order valence-electron chi connectivity index (χ1n) is 6.34. The molecular weight excluding hydrogens is 280 g/mol. The molecule has 0 radical (unpaired) electrons. The number of piperidine rings is 1. The predicted octanol–water partition coefficient (Wildman–Crippen LogP) is 2.79. The van der Waals surface area contributed by atoms with Gasteiger partial charge in [-0.2, -0.15) is 0 Å². The third kappa shape index (κ3) is 3.25. The third-order valence-electron chi connectivity index (χ3n) is 3.47. The number of benzene rings is 1. The highest BCUT2D eigenvalue weighted by atomic mass is 35.5. The van der Waals surface area contributed by atoms with Crippen LogP contribution in [0.2, 0.25) is 5.02 Å². The molecule has 1 atom stereocenters. The van der Waals surface area contributed by atoms with E-state index in [0.29, 0.717) is 22.1 Å². The fourth-order valence-electron chi connectivity index (χ4n) is 2.36. The first-order chi connectivity index (χ1) is 8.99. The molecule has 0 aliphatic carbocycles. The summed E-state index contributed by atoms with van der Waals surface area (Å²) in [4.78, 5) is 14.7. The molecule has 102 valence electrons. The van der Waals surface area contributed by atoms with Gasteiger partial charge in [0.05, 0.1) is 15.6 Å². The van der Waals surface area contributed by atoms with Crippen LogP contribution >= 0.6 is 23.8 Å². The molecule has 2 rings (SSSR count). The van der Waals surface area contributed by atoms with Gasteiger partial charge in [0.15, 0.2) is 0 Å². The molecule has 19 heavy (non-hydrogen) atoms. The van der Waals surface area contributed by atoms with Gasteiger partial charge in [0.25, 0.3) is 5.91 Å². The van der Waals surface area contributed by atoms with Crippen LogP contribution in [0.25, 0.3) is 0 Å². The molecule has 1 aliphatic rings. The van der Waals surface area contributed by atoms with Crippen molar-refractivity contribution in [3.8, 4) is 0 Å². The van der Waals surface area contributed by atoms with Crippen LogP contribution in [0.1, 0.15) is 28.8 Å². The molecule has 1 aromatic carbocycles. The molecule has 1 aromatic rings. The topological polar surface area (TPSA) is 46.3 Å². The second-order valence-electron chi connectivity index (χ2n) is 4.98. The van der Waals surface area contributed by atoms with Crippen molar-refractivity contribution in [1.29, 1.82) is 0 Å². The minimum Gasteiger partial charge on any atom is -0.393 e. The molecule has 0 aromatic heterocycles. The summed E-state index contributed by atoms with van der Waals surface area (Å²) in [6.45, 7) is 3.28. The summed E-state index contributed by atoms with van der Waals surface area (Å²) in [5, 5.41) is 0.502. The number of rotatable bonds is 2. The lowest BCUT2D eigenvalue weighted by Gasteiger charge is -2.32. The zero-order valence-corrected chi connectivity index (χ0v) is 12.4.